The molecule has 0 bridgehead atoms. The summed E-state index contributed by atoms with van der Waals surface area (Å²) in [4.78, 5) is 0. The molecule has 0 saturated carbocycles. The van der Waals surface area contributed by atoms with Crippen LogP contribution < -0.4 is 0 Å². The largest absolute Gasteiger partial charge is 0.396 e. The Kier molecular flexibility index (Phi) is 14.8. The molecule has 0 aliphatic rings. The first-order valence-corrected chi connectivity index (χ1v) is 3.02. The topological polar surface area (TPSA) is 20.2 Å². The van der Waals surface area contributed by atoms with Gasteiger partial charge in [0.2, 0.25) is 0 Å². The fraction of sp³-hybridized carbons (Fsp3) is 1.00. The highest BCUT2D eigenvalue weighted by Crippen LogP contribution is 1.95. The SMILES string of the molecule is CCCCCCO.[AlH3]. The Labute approximate surface area is 62.2 Å². The van der Waals surface area contributed by atoms with Crippen molar-refractivity contribution in [1.82, 2.24) is 0 Å². The molecule has 0 aliphatic heterocycles. The number of unbranched alkanes of at least 4 members (excludes halogenated alkanes) is 3. The first kappa shape index (κ1) is 11.3. The van der Waals surface area contributed by atoms with Crippen LogP contribution in [0.2, 0.25) is 0 Å². The average Bonchev–Trinajstić information content (AvgIpc) is 1.69. The van der Waals surface area contributed by atoms with E-state index in [1.165, 1.54) is 19.3 Å². The van der Waals surface area contributed by atoms with Crippen molar-refractivity contribution in [2.45, 2.75) is 32.6 Å². The number of rotatable bonds is 4. The highest BCUT2D eigenvalue weighted by atomic mass is 27.0. The summed E-state index contributed by atoms with van der Waals surface area (Å²) in [7, 11) is 0. The van der Waals surface area contributed by atoms with Gasteiger partial charge in [0.1, 0.15) is 0 Å². The van der Waals surface area contributed by atoms with Crippen LogP contribution in [0.4, 0.5) is 0 Å². The van der Waals surface area contributed by atoms with E-state index in [-0.39, 0.29) is 17.4 Å². The maximum Gasteiger partial charge on any atom is 0.187 e. The molecule has 0 spiro atoms. The van der Waals surface area contributed by atoms with Gasteiger partial charge in [0.15, 0.2) is 17.4 Å². The Bertz CT molecular complexity index is 27.7. The van der Waals surface area contributed by atoms with Gasteiger partial charge in [0.05, 0.1) is 0 Å². The van der Waals surface area contributed by atoms with Gasteiger partial charge in [-0.1, -0.05) is 26.2 Å². The third-order valence-corrected chi connectivity index (χ3v) is 1.01. The number of hydrogen-bond acceptors (Lipinski definition) is 1. The van der Waals surface area contributed by atoms with Crippen molar-refractivity contribution in [2.24, 2.45) is 0 Å². The normalized spacial score (nSPS) is 8.25. The molecule has 0 aromatic heterocycles. The van der Waals surface area contributed by atoms with Crippen LogP contribution in [-0.2, 0) is 0 Å². The Morgan fingerprint density at radius 2 is 1.75 bits per heavy atom. The van der Waals surface area contributed by atoms with E-state index < -0.39 is 0 Å². The molecule has 0 saturated heterocycles. The summed E-state index contributed by atoms with van der Waals surface area (Å²) in [5.74, 6) is 0. The molecule has 0 aliphatic carbocycles. The quantitative estimate of drug-likeness (QED) is 0.433. The maximum absolute atomic E-state index is 8.29. The molecule has 0 amide bonds. The zero-order valence-corrected chi connectivity index (χ0v) is 4.98. The summed E-state index contributed by atoms with van der Waals surface area (Å²) in [5.41, 5.74) is 0. The molecule has 0 rings (SSSR count). The molecular weight excluding hydrogens is 115 g/mol. The van der Waals surface area contributed by atoms with E-state index in [9.17, 15) is 0 Å². The van der Waals surface area contributed by atoms with Gasteiger partial charge in [-0.2, -0.15) is 0 Å². The zero-order chi connectivity index (χ0) is 5.54. The van der Waals surface area contributed by atoms with E-state index in [1.54, 1.807) is 0 Å². The molecule has 8 heavy (non-hydrogen) atoms. The summed E-state index contributed by atoms with van der Waals surface area (Å²) >= 11 is 0. The van der Waals surface area contributed by atoms with Crippen molar-refractivity contribution < 1.29 is 5.11 Å². The smallest absolute Gasteiger partial charge is 0.187 e. The maximum atomic E-state index is 8.29. The molecule has 0 radical (unpaired) electrons. The minimum atomic E-state index is 0. The van der Waals surface area contributed by atoms with Crippen LogP contribution in [0.1, 0.15) is 32.6 Å². The summed E-state index contributed by atoms with van der Waals surface area (Å²) in [6, 6.07) is 0. The van der Waals surface area contributed by atoms with Crippen molar-refractivity contribution in [3.8, 4) is 0 Å². The second-order valence-electron chi connectivity index (χ2n) is 1.78. The summed E-state index contributed by atoms with van der Waals surface area (Å²) < 4.78 is 0. The lowest BCUT2D eigenvalue weighted by atomic mass is 10.2. The van der Waals surface area contributed by atoms with E-state index in [0.717, 1.165) is 6.42 Å². The molecule has 2 heteroatoms. The predicted octanol–water partition coefficient (Wildman–Crippen LogP) is 0.375. The molecule has 0 unspecified atom stereocenters. The van der Waals surface area contributed by atoms with Crippen LogP contribution in [0.15, 0.2) is 0 Å². The Morgan fingerprint density at radius 3 is 2.12 bits per heavy atom. The molecule has 1 N–H and O–H groups in total. The molecule has 0 atom stereocenters. The molecule has 0 aromatic rings. The zero-order valence-electron chi connectivity index (χ0n) is 4.98. The lowest BCUT2D eigenvalue weighted by Gasteiger charge is -1.90. The monoisotopic (exact) mass is 132 g/mol. The van der Waals surface area contributed by atoms with E-state index in [1.807, 2.05) is 0 Å². The predicted molar refractivity (Wildman–Crippen MR) is 41.2 cm³/mol. The second-order valence-corrected chi connectivity index (χ2v) is 1.78. The van der Waals surface area contributed by atoms with Crippen molar-refractivity contribution in [2.75, 3.05) is 6.61 Å². The summed E-state index contributed by atoms with van der Waals surface area (Å²) in [6.45, 7) is 2.53. The van der Waals surface area contributed by atoms with Crippen LogP contribution in [0, 0.1) is 0 Å². The summed E-state index contributed by atoms with van der Waals surface area (Å²) in [5, 5.41) is 8.29. The standard InChI is InChI=1S/C6H14O.Al.3H/c1-2-3-4-5-6-7;;;;/h7H,2-6H2,1H3;;;;. The van der Waals surface area contributed by atoms with Gasteiger partial charge < -0.3 is 5.11 Å². The summed E-state index contributed by atoms with van der Waals surface area (Å²) in [6.07, 6.45) is 4.68. The van der Waals surface area contributed by atoms with Crippen LogP contribution in [0.5, 0.6) is 0 Å². The third-order valence-electron chi connectivity index (χ3n) is 1.01. The van der Waals surface area contributed by atoms with Gasteiger partial charge in [-0.15, -0.1) is 0 Å². The molecular formula is C6H17AlO. The molecule has 0 aromatic carbocycles. The Morgan fingerprint density at radius 1 is 1.12 bits per heavy atom. The van der Waals surface area contributed by atoms with E-state index in [4.69, 9.17) is 5.11 Å². The van der Waals surface area contributed by atoms with Gasteiger partial charge in [0.25, 0.3) is 0 Å². The minimum absolute atomic E-state index is 0. The first-order valence-electron chi connectivity index (χ1n) is 3.02. The van der Waals surface area contributed by atoms with E-state index >= 15 is 0 Å². The van der Waals surface area contributed by atoms with Crippen LogP contribution in [0.25, 0.3) is 0 Å². The Hall–Kier alpha value is 0.492. The average molecular weight is 132 g/mol. The lowest BCUT2D eigenvalue weighted by Crippen LogP contribution is -1.80. The molecule has 1 nitrogen and oxygen atoms in total. The fourth-order valence-corrected chi connectivity index (χ4v) is 0.539. The first-order chi connectivity index (χ1) is 3.41. The van der Waals surface area contributed by atoms with Gasteiger partial charge in [-0.05, 0) is 6.42 Å². The number of aliphatic hydroxyl groups excluding tert-OH is 1. The van der Waals surface area contributed by atoms with Crippen LogP contribution >= 0.6 is 0 Å². The van der Waals surface area contributed by atoms with Gasteiger partial charge in [0, 0.05) is 6.61 Å². The van der Waals surface area contributed by atoms with Gasteiger partial charge in [-0.25, -0.2) is 0 Å². The van der Waals surface area contributed by atoms with E-state index in [0.29, 0.717) is 6.61 Å². The highest BCUT2D eigenvalue weighted by molar-refractivity contribution is 5.75. The van der Waals surface area contributed by atoms with Gasteiger partial charge in [-0.3, -0.25) is 0 Å². The molecule has 0 fully saturated rings. The Balaban J connectivity index is 0. The fourth-order valence-electron chi connectivity index (χ4n) is 0.539. The van der Waals surface area contributed by atoms with Crippen LogP contribution in [-0.4, -0.2) is 29.1 Å². The van der Waals surface area contributed by atoms with Crippen molar-refractivity contribution in [1.29, 1.82) is 0 Å². The van der Waals surface area contributed by atoms with Crippen molar-refractivity contribution in [3.63, 3.8) is 0 Å². The van der Waals surface area contributed by atoms with Gasteiger partial charge >= 0.3 is 0 Å². The molecule has 0 heterocycles. The number of hydrogen-bond donors (Lipinski definition) is 1. The second kappa shape index (κ2) is 10.5. The van der Waals surface area contributed by atoms with E-state index in [2.05, 4.69) is 6.92 Å². The van der Waals surface area contributed by atoms with Crippen molar-refractivity contribution >= 4 is 17.4 Å². The van der Waals surface area contributed by atoms with Crippen molar-refractivity contribution in [3.05, 3.63) is 0 Å². The van der Waals surface area contributed by atoms with Crippen LogP contribution in [0.3, 0.4) is 0 Å². The lowest BCUT2D eigenvalue weighted by molar-refractivity contribution is 0.283. The highest BCUT2D eigenvalue weighted by Gasteiger charge is 1.80. The molecule has 50 valence electrons. The minimum Gasteiger partial charge on any atom is -0.396 e. The third kappa shape index (κ3) is 9.70. The number of aliphatic hydroxyl groups is 1.